The molecule has 11 heteroatoms. The zero-order valence-corrected chi connectivity index (χ0v) is 21.3. The van der Waals surface area contributed by atoms with E-state index < -0.39 is 0 Å². The van der Waals surface area contributed by atoms with Crippen LogP contribution in [0.4, 0.5) is 5.95 Å². The second kappa shape index (κ2) is 13.8. The fourth-order valence-electron chi connectivity index (χ4n) is 2.71. The molecule has 1 amide bonds. The summed E-state index contributed by atoms with van der Waals surface area (Å²) in [6.07, 6.45) is 9.43. The molecular formula is C26H37N9O2. The molecule has 4 heterocycles. The van der Waals surface area contributed by atoms with Gasteiger partial charge in [0.1, 0.15) is 6.54 Å². The van der Waals surface area contributed by atoms with Gasteiger partial charge in [0.05, 0.1) is 17.5 Å². The van der Waals surface area contributed by atoms with E-state index in [0.29, 0.717) is 41.0 Å². The lowest BCUT2D eigenvalue weighted by Gasteiger charge is -2.07. The van der Waals surface area contributed by atoms with Crippen molar-refractivity contribution in [2.24, 2.45) is 11.8 Å². The SMILES string of the molecule is C.CC(C)CNC(=O)Cn1cc(-c2nc(-c3ccc(-c4cnc(N)nc4)nc3)no2)cn1.CCC(C)C. The lowest BCUT2D eigenvalue weighted by Crippen LogP contribution is -2.30. The Kier molecular flexibility index (Phi) is 10.9. The van der Waals surface area contributed by atoms with Gasteiger partial charge in [0, 0.05) is 42.5 Å². The van der Waals surface area contributed by atoms with Crippen molar-refractivity contribution in [1.29, 1.82) is 0 Å². The summed E-state index contributed by atoms with van der Waals surface area (Å²) in [6.45, 7) is 11.5. The third-order valence-electron chi connectivity index (χ3n) is 5.13. The van der Waals surface area contributed by atoms with Crippen LogP contribution in [-0.4, -0.2) is 47.3 Å². The highest BCUT2D eigenvalue weighted by Gasteiger charge is 2.14. The Morgan fingerprint density at radius 3 is 2.27 bits per heavy atom. The molecule has 4 aromatic heterocycles. The molecule has 37 heavy (non-hydrogen) atoms. The first-order chi connectivity index (χ1) is 17.2. The molecular weight excluding hydrogens is 470 g/mol. The monoisotopic (exact) mass is 507 g/mol. The van der Waals surface area contributed by atoms with Crippen molar-refractivity contribution in [3.8, 4) is 34.1 Å². The van der Waals surface area contributed by atoms with Gasteiger partial charge in [0.15, 0.2) is 0 Å². The van der Waals surface area contributed by atoms with Gasteiger partial charge < -0.3 is 15.6 Å². The quantitative estimate of drug-likeness (QED) is 0.351. The Bertz CT molecular complexity index is 1230. The summed E-state index contributed by atoms with van der Waals surface area (Å²) in [5.41, 5.74) is 8.27. The molecule has 0 saturated carbocycles. The van der Waals surface area contributed by atoms with Gasteiger partial charge in [-0.15, -0.1) is 0 Å². The van der Waals surface area contributed by atoms with Crippen molar-refractivity contribution >= 4 is 11.9 Å². The van der Waals surface area contributed by atoms with E-state index in [2.05, 4.69) is 56.3 Å². The molecule has 0 fully saturated rings. The highest BCUT2D eigenvalue weighted by atomic mass is 16.5. The molecule has 0 unspecified atom stereocenters. The van der Waals surface area contributed by atoms with Crippen LogP contribution in [0.15, 0.2) is 47.6 Å². The van der Waals surface area contributed by atoms with Crippen LogP contribution in [0, 0.1) is 11.8 Å². The van der Waals surface area contributed by atoms with E-state index in [9.17, 15) is 4.79 Å². The Morgan fingerprint density at radius 1 is 1.00 bits per heavy atom. The summed E-state index contributed by atoms with van der Waals surface area (Å²) in [5.74, 6) is 2.07. The van der Waals surface area contributed by atoms with E-state index in [1.807, 2.05) is 26.0 Å². The zero-order chi connectivity index (χ0) is 26.1. The topological polar surface area (TPSA) is 151 Å². The Labute approximate surface area is 217 Å². The molecule has 0 bridgehead atoms. The first-order valence-corrected chi connectivity index (χ1v) is 11.9. The number of hydrogen-bond acceptors (Lipinski definition) is 9. The lowest BCUT2D eigenvalue weighted by atomic mass is 10.2. The van der Waals surface area contributed by atoms with Crippen LogP contribution in [0.5, 0.6) is 0 Å². The molecule has 4 rings (SSSR count). The third kappa shape index (κ3) is 8.78. The van der Waals surface area contributed by atoms with Gasteiger partial charge in [-0.25, -0.2) is 9.97 Å². The number of hydrogen-bond donors (Lipinski definition) is 2. The molecule has 0 radical (unpaired) electrons. The highest BCUT2D eigenvalue weighted by Crippen LogP contribution is 2.23. The van der Waals surface area contributed by atoms with Gasteiger partial charge in [0.2, 0.25) is 17.7 Å². The molecule has 0 atom stereocenters. The normalized spacial score (nSPS) is 10.6. The van der Waals surface area contributed by atoms with Crippen molar-refractivity contribution < 1.29 is 9.32 Å². The van der Waals surface area contributed by atoms with Gasteiger partial charge in [-0.1, -0.05) is 53.6 Å². The first kappa shape index (κ1) is 29.1. The van der Waals surface area contributed by atoms with Crippen molar-refractivity contribution in [2.45, 2.75) is 55.0 Å². The molecule has 4 aromatic rings. The minimum Gasteiger partial charge on any atom is -0.368 e. The summed E-state index contributed by atoms with van der Waals surface area (Å²) < 4.78 is 6.88. The van der Waals surface area contributed by atoms with E-state index >= 15 is 0 Å². The number of anilines is 1. The molecule has 11 nitrogen and oxygen atoms in total. The van der Waals surface area contributed by atoms with Crippen LogP contribution >= 0.6 is 0 Å². The van der Waals surface area contributed by atoms with Crippen LogP contribution in [0.2, 0.25) is 0 Å². The molecule has 0 saturated heterocycles. The van der Waals surface area contributed by atoms with E-state index in [1.165, 1.54) is 11.1 Å². The number of pyridine rings is 1. The van der Waals surface area contributed by atoms with Gasteiger partial charge in [-0.3, -0.25) is 14.5 Å². The Hall–Kier alpha value is -4.15. The molecule has 3 N–H and O–H groups in total. The van der Waals surface area contributed by atoms with E-state index in [0.717, 1.165) is 11.5 Å². The minimum atomic E-state index is -0.104. The smallest absolute Gasteiger partial charge is 0.261 e. The molecule has 198 valence electrons. The second-order valence-electron chi connectivity index (χ2n) is 9.11. The van der Waals surface area contributed by atoms with Gasteiger partial charge in [-0.2, -0.15) is 10.1 Å². The number of carbonyl (C=O) groups is 1. The van der Waals surface area contributed by atoms with Crippen LogP contribution in [0.1, 0.15) is 48.5 Å². The van der Waals surface area contributed by atoms with Crippen LogP contribution in [0.25, 0.3) is 34.1 Å². The largest absolute Gasteiger partial charge is 0.368 e. The number of carbonyl (C=O) groups excluding carboxylic acids is 1. The van der Waals surface area contributed by atoms with E-state index in [-0.39, 0.29) is 25.8 Å². The number of amides is 1. The number of nitrogen functional groups attached to an aromatic ring is 1. The van der Waals surface area contributed by atoms with Crippen molar-refractivity contribution in [3.63, 3.8) is 0 Å². The van der Waals surface area contributed by atoms with E-state index in [1.54, 1.807) is 31.0 Å². The van der Waals surface area contributed by atoms with Gasteiger partial charge in [0.25, 0.3) is 5.89 Å². The predicted molar refractivity (Wildman–Crippen MR) is 144 cm³/mol. The zero-order valence-electron chi connectivity index (χ0n) is 21.3. The molecule has 0 aliphatic heterocycles. The summed E-state index contributed by atoms with van der Waals surface area (Å²) in [7, 11) is 0. The summed E-state index contributed by atoms with van der Waals surface area (Å²) in [5, 5.41) is 11.1. The van der Waals surface area contributed by atoms with Crippen molar-refractivity contribution in [3.05, 3.63) is 43.1 Å². The molecule has 0 aliphatic carbocycles. The number of nitrogens with two attached hydrogens (primary N) is 1. The average molecular weight is 508 g/mol. The fourth-order valence-corrected chi connectivity index (χ4v) is 2.71. The van der Waals surface area contributed by atoms with Crippen molar-refractivity contribution in [1.82, 2.24) is 40.2 Å². The molecule has 0 aromatic carbocycles. The fraction of sp³-hybridized carbons (Fsp3) is 0.423. The van der Waals surface area contributed by atoms with E-state index in [4.69, 9.17) is 10.3 Å². The van der Waals surface area contributed by atoms with Gasteiger partial charge >= 0.3 is 0 Å². The molecule has 0 spiro atoms. The Balaban J connectivity index is 0.000000734. The van der Waals surface area contributed by atoms with Crippen molar-refractivity contribution in [2.75, 3.05) is 12.3 Å². The maximum atomic E-state index is 12.0. The minimum absolute atomic E-state index is 0. The Morgan fingerprint density at radius 2 is 1.68 bits per heavy atom. The summed E-state index contributed by atoms with van der Waals surface area (Å²) in [6, 6.07) is 3.64. The van der Waals surface area contributed by atoms with Crippen LogP contribution < -0.4 is 11.1 Å². The lowest BCUT2D eigenvalue weighted by molar-refractivity contribution is -0.122. The number of aromatic nitrogens is 7. The first-order valence-electron chi connectivity index (χ1n) is 11.9. The standard InChI is InChI=1S/C20H21N9O2.C5H12.CH4/c1-12(2)5-23-17(30)11-29-10-15(9-26-29)19-27-18(28-31-19)13-3-4-16(22-6-13)14-7-24-20(21)25-8-14;1-4-5(2)3;/h3-4,6-10,12H,5,11H2,1-2H3,(H,23,30)(H2,21,24,25);5H,4H2,1-3H3;1H4. The maximum Gasteiger partial charge on any atom is 0.261 e. The summed E-state index contributed by atoms with van der Waals surface area (Å²) >= 11 is 0. The maximum absolute atomic E-state index is 12.0. The number of rotatable bonds is 8. The second-order valence-corrected chi connectivity index (χ2v) is 9.11. The van der Waals surface area contributed by atoms with Gasteiger partial charge in [-0.05, 0) is 24.0 Å². The third-order valence-corrected chi connectivity index (χ3v) is 5.13. The average Bonchev–Trinajstić information content (AvgIpc) is 3.54. The predicted octanol–water partition coefficient (Wildman–Crippen LogP) is 4.50. The summed E-state index contributed by atoms with van der Waals surface area (Å²) in [4.78, 5) is 28.7. The van der Waals surface area contributed by atoms with Crippen LogP contribution in [0.3, 0.4) is 0 Å². The molecule has 0 aliphatic rings. The highest BCUT2D eigenvalue weighted by molar-refractivity contribution is 5.75. The van der Waals surface area contributed by atoms with Crippen LogP contribution in [-0.2, 0) is 11.3 Å². The number of nitrogens with zero attached hydrogens (tertiary/aromatic N) is 7. The number of nitrogens with one attached hydrogen (secondary N) is 1.